The van der Waals surface area contributed by atoms with E-state index in [-0.39, 0.29) is 16.9 Å². The molecule has 1 atom stereocenters. The van der Waals surface area contributed by atoms with Gasteiger partial charge in [0.25, 0.3) is 0 Å². The van der Waals surface area contributed by atoms with E-state index >= 15 is 0 Å². The SMILES string of the molecule is CCOC(=O)C(CCSc1cc(F)ccc1F)NC(C)C. The molecule has 0 aromatic heterocycles. The third-order valence-corrected chi connectivity index (χ3v) is 3.73. The van der Waals surface area contributed by atoms with Crippen LogP contribution in [0.15, 0.2) is 23.1 Å². The fourth-order valence-electron chi connectivity index (χ4n) is 1.79. The molecule has 1 rings (SSSR count). The lowest BCUT2D eigenvalue weighted by Crippen LogP contribution is -2.42. The second-order valence-electron chi connectivity index (χ2n) is 4.84. The minimum atomic E-state index is -0.471. The topological polar surface area (TPSA) is 38.3 Å². The predicted molar refractivity (Wildman–Crippen MR) is 80.4 cm³/mol. The molecule has 1 aromatic rings. The molecule has 118 valence electrons. The van der Waals surface area contributed by atoms with Gasteiger partial charge in [-0.15, -0.1) is 11.8 Å². The van der Waals surface area contributed by atoms with E-state index in [1.54, 1.807) is 6.92 Å². The highest BCUT2D eigenvalue weighted by molar-refractivity contribution is 7.99. The number of hydrogen-bond donors (Lipinski definition) is 1. The predicted octanol–water partition coefficient (Wildman–Crippen LogP) is 3.38. The smallest absolute Gasteiger partial charge is 0.323 e. The van der Waals surface area contributed by atoms with Crippen LogP contribution in [0.3, 0.4) is 0 Å². The van der Waals surface area contributed by atoms with E-state index in [0.717, 1.165) is 18.2 Å². The van der Waals surface area contributed by atoms with E-state index in [9.17, 15) is 13.6 Å². The molecular formula is C15H21F2NO2S. The Morgan fingerprint density at radius 3 is 2.71 bits per heavy atom. The molecule has 0 heterocycles. The molecule has 0 spiro atoms. The number of benzene rings is 1. The Labute approximate surface area is 128 Å². The summed E-state index contributed by atoms with van der Waals surface area (Å²) < 4.78 is 31.6. The lowest BCUT2D eigenvalue weighted by Gasteiger charge is -2.19. The first-order chi connectivity index (χ1) is 9.93. The maximum Gasteiger partial charge on any atom is 0.323 e. The number of halogens is 2. The maximum atomic E-state index is 13.5. The number of carbonyl (C=O) groups is 1. The van der Waals surface area contributed by atoms with Crippen LogP contribution in [0, 0.1) is 11.6 Å². The number of rotatable bonds is 8. The zero-order valence-corrected chi connectivity index (χ0v) is 13.3. The van der Waals surface area contributed by atoms with Gasteiger partial charge in [-0.2, -0.15) is 0 Å². The number of ether oxygens (including phenoxy) is 1. The summed E-state index contributed by atoms with van der Waals surface area (Å²) in [6.07, 6.45) is 0.484. The lowest BCUT2D eigenvalue weighted by molar-refractivity contribution is -0.145. The molecule has 0 saturated heterocycles. The molecule has 0 bridgehead atoms. The van der Waals surface area contributed by atoms with E-state index in [2.05, 4.69) is 5.32 Å². The normalized spacial score (nSPS) is 12.5. The molecule has 0 amide bonds. The number of carbonyl (C=O) groups excluding carboxylic acids is 1. The molecular weight excluding hydrogens is 296 g/mol. The number of esters is 1. The maximum absolute atomic E-state index is 13.5. The fourth-order valence-corrected chi connectivity index (χ4v) is 2.76. The van der Waals surface area contributed by atoms with Crippen molar-refractivity contribution in [3.8, 4) is 0 Å². The average Bonchev–Trinajstić information content (AvgIpc) is 2.41. The first kappa shape index (κ1) is 17.9. The van der Waals surface area contributed by atoms with Crippen molar-refractivity contribution in [1.29, 1.82) is 0 Å². The number of thioether (sulfide) groups is 1. The van der Waals surface area contributed by atoms with Crippen molar-refractivity contribution in [3.05, 3.63) is 29.8 Å². The zero-order valence-electron chi connectivity index (χ0n) is 12.5. The van der Waals surface area contributed by atoms with Gasteiger partial charge >= 0.3 is 5.97 Å². The molecule has 0 aliphatic heterocycles. The van der Waals surface area contributed by atoms with Crippen LogP contribution in [0.4, 0.5) is 8.78 Å². The molecule has 0 saturated carbocycles. The van der Waals surface area contributed by atoms with Crippen LogP contribution in [0.5, 0.6) is 0 Å². The first-order valence-corrected chi connectivity index (χ1v) is 7.93. The molecule has 0 radical (unpaired) electrons. The van der Waals surface area contributed by atoms with E-state index in [1.807, 2.05) is 13.8 Å². The van der Waals surface area contributed by atoms with E-state index in [0.29, 0.717) is 18.8 Å². The summed E-state index contributed by atoms with van der Waals surface area (Å²) in [5.41, 5.74) is 0. The molecule has 0 fully saturated rings. The van der Waals surface area contributed by atoms with E-state index in [1.165, 1.54) is 11.8 Å². The van der Waals surface area contributed by atoms with Gasteiger partial charge in [-0.05, 0) is 31.5 Å². The Hall–Kier alpha value is -1.14. The molecule has 1 aromatic carbocycles. The van der Waals surface area contributed by atoms with Crippen LogP contribution in [0.1, 0.15) is 27.2 Å². The summed E-state index contributed by atoms with van der Waals surface area (Å²) in [5, 5.41) is 3.12. The van der Waals surface area contributed by atoms with Gasteiger partial charge in [-0.25, -0.2) is 8.78 Å². The lowest BCUT2D eigenvalue weighted by atomic mass is 10.2. The Morgan fingerprint density at radius 1 is 1.38 bits per heavy atom. The second-order valence-corrected chi connectivity index (χ2v) is 5.97. The highest BCUT2D eigenvalue weighted by atomic mass is 32.2. The summed E-state index contributed by atoms with van der Waals surface area (Å²) in [6, 6.07) is 3.05. The van der Waals surface area contributed by atoms with Crippen LogP contribution < -0.4 is 5.32 Å². The standard InChI is InChI=1S/C15H21F2NO2S/c1-4-20-15(19)13(18-10(2)3)7-8-21-14-9-11(16)5-6-12(14)17/h5-6,9-10,13,18H,4,7-8H2,1-3H3. The Kier molecular flexibility index (Phi) is 7.67. The van der Waals surface area contributed by atoms with Crippen LogP contribution in [0.25, 0.3) is 0 Å². The average molecular weight is 317 g/mol. The quantitative estimate of drug-likeness (QED) is 0.589. The van der Waals surface area contributed by atoms with Crippen molar-refractivity contribution in [2.75, 3.05) is 12.4 Å². The number of nitrogens with one attached hydrogen (secondary N) is 1. The van der Waals surface area contributed by atoms with Gasteiger partial charge < -0.3 is 10.1 Å². The van der Waals surface area contributed by atoms with Gasteiger partial charge in [-0.3, -0.25) is 4.79 Å². The van der Waals surface area contributed by atoms with Crippen LogP contribution >= 0.6 is 11.8 Å². The molecule has 6 heteroatoms. The third-order valence-electron chi connectivity index (χ3n) is 2.66. The number of hydrogen-bond acceptors (Lipinski definition) is 4. The van der Waals surface area contributed by atoms with Gasteiger partial charge in [0.2, 0.25) is 0 Å². The van der Waals surface area contributed by atoms with Crippen molar-refractivity contribution in [2.45, 2.75) is 44.2 Å². The van der Waals surface area contributed by atoms with E-state index < -0.39 is 17.7 Å². The Bertz CT molecular complexity index is 469. The minimum absolute atomic E-state index is 0.135. The van der Waals surface area contributed by atoms with Crippen LogP contribution in [-0.2, 0) is 9.53 Å². The monoisotopic (exact) mass is 317 g/mol. The fraction of sp³-hybridized carbons (Fsp3) is 0.533. The van der Waals surface area contributed by atoms with Crippen molar-refractivity contribution < 1.29 is 18.3 Å². The van der Waals surface area contributed by atoms with Crippen LogP contribution in [0.2, 0.25) is 0 Å². The summed E-state index contributed by atoms with van der Waals surface area (Å²) in [7, 11) is 0. The molecule has 21 heavy (non-hydrogen) atoms. The summed E-state index contributed by atoms with van der Waals surface area (Å²) in [6.45, 7) is 5.94. The summed E-state index contributed by atoms with van der Waals surface area (Å²) >= 11 is 1.19. The first-order valence-electron chi connectivity index (χ1n) is 6.94. The van der Waals surface area contributed by atoms with E-state index in [4.69, 9.17) is 4.74 Å². The second kappa shape index (κ2) is 9.00. The molecule has 1 unspecified atom stereocenters. The summed E-state index contributed by atoms with van der Waals surface area (Å²) in [5.74, 6) is -0.748. The van der Waals surface area contributed by atoms with Gasteiger partial charge in [0.05, 0.1) is 6.61 Å². The largest absolute Gasteiger partial charge is 0.465 e. The Balaban J connectivity index is 2.56. The molecule has 0 aliphatic carbocycles. The molecule has 0 aliphatic rings. The van der Waals surface area contributed by atoms with Gasteiger partial charge in [0.15, 0.2) is 0 Å². The minimum Gasteiger partial charge on any atom is -0.465 e. The summed E-state index contributed by atoms with van der Waals surface area (Å²) in [4.78, 5) is 12.1. The van der Waals surface area contributed by atoms with Crippen molar-refractivity contribution in [2.24, 2.45) is 0 Å². The highest BCUT2D eigenvalue weighted by Gasteiger charge is 2.20. The van der Waals surface area contributed by atoms with Crippen LogP contribution in [-0.4, -0.2) is 30.4 Å². The third kappa shape index (κ3) is 6.44. The van der Waals surface area contributed by atoms with Gasteiger partial charge in [-0.1, -0.05) is 13.8 Å². The van der Waals surface area contributed by atoms with Gasteiger partial charge in [0.1, 0.15) is 17.7 Å². The van der Waals surface area contributed by atoms with Crippen molar-refractivity contribution in [1.82, 2.24) is 5.32 Å². The Morgan fingerprint density at radius 2 is 2.10 bits per heavy atom. The highest BCUT2D eigenvalue weighted by Crippen LogP contribution is 2.23. The van der Waals surface area contributed by atoms with Crippen molar-refractivity contribution >= 4 is 17.7 Å². The van der Waals surface area contributed by atoms with Gasteiger partial charge in [0, 0.05) is 16.7 Å². The molecule has 3 nitrogen and oxygen atoms in total. The van der Waals surface area contributed by atoms with Crippen molar-refractivity contribution in [3.63, 3.8) is 0 Å². The zero-order chi connectivity index (χ0) is 15.8. The molecule has 1 N–H and O–H groups in total.